The first-order valence-electron chi connectivity index (χ1n) is 10.2. The minimum atomic E-state index is -3.24. The molecule has 4 rings (SSSR count). The van der Waals surface area contributed by atoms with E-state index in [1.54, 1.807) is 0 Å². The highest BCUT2D eigenvalue weighted by Gasteiger charge is 2.45. The maximum atomic E-state index is 14.6. The monoisotopic (exact) mass is 448 g/mol. The molecule has 0 aliphatic carbocycles. The third-order valence-electron chi connectivity index (χ3n) is 5.29. The molecule has 31 heavy (non-hydrogen) atoms. The van der Waals surface area contributed by atoms with Crippen LogP contribution in [0.4, 0.5) is 11.4 Å². The van der Waals surface area contributed by atoms with E-state index in [1.807, 2.05) is 100 Å². The summed E-state index contributed by atoms with van der Waals surface area (Å²) in [5.41, 5.74) is 2.86. The molecule has 158 valence electrons. The van der Waals surface area contributed by atoms with E-state index in [4.69, 9.17) is 0 Å². The first kappa shape index (κ1) is 21.5. The number of rotatable bonds is 7. The van der Waals surface area contributed by atoms with Crippen LogP contribution >= 0.6 is 19.2 Å². The zero-order valence-corrected chi connectivity index (χ0v) is 19.0. The average molecular weight is 449 g/mol. The van der Waals surface area contributed by atoms with Crippen molar-refractivity contribution in [1.29, 1.82) is 0 Å². The first-order chi connectivity index (χ1) is 15.1. The summed E-state index contributed by atoms with van der Waals surface area (Å²) in [4.78, 5) is 12.8. The van der Waals surface area contributed by atoms with E-state index in [0.29, 0.717) is 24.2 Å². The van der Waals surface area contributed by atoms with E-state index < -0.39 is 7.44 Å². The van der Waals surface area contributed by atoms with Crippen LogP contribution in [0.15, 0.2) is 103 Å². The van der Waals surface area contributed by atoms with Crippen LogP contribution in [0.3, 0.4) is 0 Å². The van der Waals surface area contributed by atoms with Crippen molar-refractivity contribution in [1.82, 2.24) is 0 Å². The van der Waals surface area contributed by atoms with Gasteiger partial charge in [-0.3, -0.25) is 9.36 Å². The fourth-order valence-electron chi connectivity index (χ4n) is 3.76. The number of carbonyl (C=O) groups excluding carboxylic acids is 1. The molecule has 0 aromatic heterocycles. The smallest absolute Gasteiger partial charge is 0.288 e. The highest BCUT2D eigenvalue weighted by atomic mass is 32.2. The Balaban J connectivity index is 1.57. The second-order valence-electron chi connectivity index (χ2n) is 7.35. The Kier molecular flexibility index (Phi) is 6.64. The number of nitrogens with zero attached hydrogens (tertiary/aromatic N) is 2. The van der Waals surface area contributed by atoms with Gasteiger partial charge in [0.25, 0.3) is 7.44 Å². The Labute approximate surface area is 188 Å². The van der Waals surface area contributed by atoms with Crippen LogP contribution in [-0.4, -0.2) is 18.2 Å². The van der Waals surface area contributed by atoms with Crippen LogP contribution in [0.25, 0.3) is 0 Å². The molecule has 1 heterocycles. The SMILES string of the molecule is C=C(CC(=O)SCc1ccccc1)P1(=O)N(c2ccccc2)CCN1c1ccccc1. The van der Waals surface area contributed by atoms with Crippen LogP contribution in [0.2, 0.25) is 0 Å². The van der Waals surface area contributed by atoms with E-state index in [1.165, 1.54) is 11.8 Å². The lowest BCUT2D eigenvalue weighted by Gasteiger charge is -2.33. The molecule has 3 aromatic rings. The molecule has 0 unspecified atom stereocenters. The quantitative estimate of drug-likeness (QED) is 0.382. The average Bonchev–Trinajstić information content (AvgIpc) is 3.18. The van der Waals surface area contributed by atoms with Crippen LogP contribution < -0.4 is 9.34 Å². The second-order valence-corrected chi connectivity index (χ2v) is 11.1. The summed E-state index contributed by atoms with van der Waals surface area (Å²) in [6.45, 7) is 5.40. The zero-order chi connectivity index (χ0) is 21.7. The van der Waals surface area contributed by atoms with Gasteiger partial charge in [0.15, 0.2) is 5.12 Å². The Morgan fingerprint density at radius 1 is 0.806 bits per heavy atom. The Morgan fingerprint density at radius 2 is 1.26 bits per heavy atom. The molecule has 1 aliphatic rings. The number of anilines is 2. The van der Waals surface area contributed by atoms with Gasteiger partial charge in [-0.15, -0.1) is 0 Å². The minimum Gasteiger partial charge on any atom is -0.302 e. The molecule has 1 aliphatic heterocycles. The predicted molar refractivity (Wildman–Crippen MR) is 132 cm³/mol. The molecule has 0 bridgehead atoms. The molecule has 0 radical (unpaired) electrons. The maximum absolute atomic E-state index is 14.6. The number of para-hydroxylation sites is 2. The summed E-state index contributed by atoms with van der Waals surface area (Å²) in [6.07, 6.45) is 0.0848. The van der Waals surface area contributed by atoms with Crippen molar-refractivity contribution in [3.63, 3.8) is 0 Å². The van der Waals surface area contributed by atoms with Gasteiger partial charge in [-0.1, -0.05) is 85.1 Å². The number of allylic oxidation sites excluding steroid dienone is 1. The van der Waals surface area contributed by atoms with E-state index in [-0.39, 0.29) is 11.5 Å². The van der Waals surface area contributed by atoms with Crippen LogP contribution in [0, 0.1) is 0 Å². The van der Waals surface area contributed by atoms with E-state index in [9.17, 15) is 9.36 Å². The normalized spacial score (nSPS) is 15.1. The first-order valence-corrected chi connectivity index (χ1v) is 12.8. The lowest BCUT2D eigenvalue weighted by molar-refractivity contribution is -0.110. The van der Waals surface area contributed by atoms with Crippen molar-refractivity contribution in [3.05, 3.63) is 108 Å². The molecule has 0 amide bonds. The fraction of sp³-hybridized carbons (Fsp3) is 0.160. The van der Waals surface area contributed by atoms with Gasteiger partial charge in [0.2, 0.25) is 0 Å². The summed E-state index contributed by atoms with van der Waals surface area (Å²) < 4.78 is 18.4. The number of carbonyl (C=O) groups is 1. The number of hydrogen-bond donors (Lipinski definition) is 0. The van der Waals surface area contributed by atoms with E-state index in [2.05, 4.69) is 6.58 Å². The Bertz CT molecular complexity index is 1040. The largest absolute Gasteiger partial charge is 0.302 e. The lowest BCUT2D eigenvalue weighted by Crippen LogP contribution is -2.20. The van der Waals surface area contributed by atoms with Gasteiger partial charge in [0.05, 0.1) is 0 Å². The molecule has 1 saturated heterocycles. The molecule has 1 fully saturated rings. The third kappa shape index (κ3) is 4.63. The molecule has 0 atom stereocenters. The zero-order valence-electron chi connectivity index (χ0n) is 17.3. The summed E-state index contributed by atoms with van der Waals surface area (Å²) in [5, 5.41) is 0.459. The Hall–Kier alpha value is -2.75. The van der Waals surface area contributed by atoms with Gasteiger partial charge in [-0.05, 0) is 29.8 Å². The van der Waals surface area contributed by atoms with Gasteiger partial charge in [-0.2, -0.15) is 0 Å². The van der Waals surface area contributed by atoms with Crippen molar-refractivity contribution in [2.24, 2.45) is 0 Å². The van der Waals surface area contributed by atoms with E-state index in [0.717, 1.165) is 16.9 Å². The molecular weight excluding hydrogens is 423 g/mol. The molecule has 3 aromatic carbocycles. The highest BCUT2D eigenvalue weighted by molar-refractivity contribution is 8.13. The number of thioether (sulfide) groups is 1. The summed E-state index contributed by atoms with van der Waals surface area (Å²) in [7, 11) is -3.24. The van der Waals surface area contributed by atoms with Crippen molar-refractivity contribution >= 4 is 35.7 Å². The summed E-state index contributed by atoms with van der Waals surface area (Å²) in [5.74, 6) is 0.599. The van der Waals surface area contributed by atoms with Gasteiger partial charge in [0.1, 0.15) is 0 Å². The van der Waals surface area contributed by atoms with Crippen LogP contribution in [0.1, 0.15) is 12.0 Å². The lowest BCUT2D eigenvalue weighted by atomic mass is 10.2. The molecule has 0 saturated carbocycles. The van der Waals surface area contributed by atoms with Crippen molar-refractivity contribution in [2.75, 3.05) is 22.4 Å². The minimum absolute atomic E-state index is 0.0167. The van der Waals surface area contributed by atoms with Gasteiger partial charge >= 0.3 is 0 Å². The van der Waals surface area contributed by atoms with Gasteiger partial charge in [0, 0.05) is 42.0 Å². The standard InChI is InChI=1S/C25H25N2O2PS/c1-21(19-25(28)31-20-22-11-5-2-6-12-22)30(29)26(23-13-7-3-8-14-23)17-18-27(30)24-15-9-4-10-16-24/h2-16H,1,17-20H2. The summed E-state index contributed by atoms with van der Waals surface area (Å²) >= 11 is 1.25. The molecule has 0 N–H and O–H groups in total. The third-order valence-corrected chi connectivity index (χ3v) is 9.39. The van der Waals surface area contributed by atoms with Crippen molar-refractivity contribution < 1.29 is 9.36 Å². The van der Waals surface area contributed by atoms with Crippen molar-refractivity contribution in [3.8, 4) is 0 Å². The fourth-order valence-corrected chi connectivity index (χ4v) is 7.57. The second kappa shape index (κ2) is 9.59. The van der Waals surface area contributed by atoms with E-state index >= 15 is 0 Å². The topological polar surface area (TPSA) is 40.6 Å². The summed E-state index contributed by atoms with van der Waals surface area (Å²) in [6, 6.07) is 29.4. The highest BCUT2D eigenvalue weighted by Crippen LogP contribution is 2.66. The number of benzene rings is 3. The molecule has 6 heteroatoms. The van der Waals surface area contributed by atoms with Gasteiger partial charge < -0.3 is 9.34 Å². The predicted octanol–water partition coefficient (Wildman–Crippen LogP) is 6.57. The molecular formula is C25H25N2O2PS. The van der Waals surface area contributed by atoms with Crippen LogP contribution in [0.5, 0.6) is 0 Å². The Morgan fingerprint density at radius 3 is 1.74 bits per heavy atom. The number of hydrogen-bond acceptors (Lipinski definition) is 3. The van der Waals surface area contributed by atoms with Crippen molar-refractivity contribution in [2.45, 2.75) is 12.2 Å². The molecule has 0 spiro atoms. The van der Waals surface area contributed by atoms with Gasteiger partial charge in [-0.25, -0.2) is 0 Å². The molecule has 4 nitrogen and oxygen atoms in total. The van der Waals surface area contributed by atoms with Crippen LogP contribution in [-0.2, 0) is 15.1 Å². The maximum Gasteiger partial charge on any atom is 0.288 e.